The molecule has 0 saturated heterocycles. The molecular weight excluding hydrogens is 178 g/mol. The number of aliphatic hydroxyl groups is 1. The highest BCUT2D eigenvalue weighted by Gasteiger charge is 2.26. The Hall–Kier alpha value is -0.570. The van der Waals surface area contributed by atoms with Gasteiger partial charge in [-0.2, -0.15) is 0 Å². The number of carbonyl (C=O) groups is 1. The third kappa shape index (κ3) is 2.71. The summed E-state index contributed by atoms with van der Waals surface area (Å²) >= 11 is 0. The molecule has 1 atom stereocenters. The Labute approximate surface area is 86.1 Å². The Morgan fingerprint density at radius 3 is 2.43 bits per heavy atom. The largest absolute Gasteiger partial charge is 0.384 e. The van der Waals surface area contributed by atoms with Crippen LogP contribution >= 0.6 is 0 Å². The summed E-state index contributed by atoms with van der Waals surface area (Å²) in [7, 11) is 0. The monoisotopic (exact) mass is 199 g/mol. The molecule has 3 nitrogen and oxygen atoms in total. The van der Waals surface area contributed by atoms with E-state index in [0.29, 0.717) is 12.6 Å². The molecule has 0 heterocycles. The molecule has 0 unspecified atom stereocenters. The fourth-order valence-corrected chi connectivity index (χ4v) is 2.23. The van der Waals surface area contributed by atoms with Crippen LogP contribution in [0.15, 0.2) is 0 Å². The Morgan fingerprint density at radius 1 is 1.43 bits per heavy atom. The summed E-state index contributed by atoms with van der Waals surface area (Å²) < 4.78 is 0. The average Bonchev–Trinajstić information content (AvgIpc) is 2.20. The standard InChI is InChI=1S/C11H21NO2/c1-3-12(11(14)9(2)13)10-7-5-4-6-8-10/h9-10,13H,3-8H2,1-2H3/t9-/m0/s1. The molecule has 0 radical (unpaired) electrons. The van der Waals surface area contributed by atoms with Crippen molar-refractivity contribution in [3.05, 3.63) is 0 Å². The van der Waals surface area contributed by atoms with Crippen molar-refractivity contribution in [1.29, 1.82) is 0 Å². The van der Waals surface area contributed by atoms with Crippen molar-refractivity contribution in [1.82, 2.24) is 4.90 Å². The molecular formula is C11H21NO2. The Balaban J connectivity index is 2.55. The normalized spacial score (nSPS) is 20.5. The number of aliphatic hydroxyl groups excluding tert-OH is 1. The van der Waals surface area contributed by atoms with E-state index in [4.69, 9.17) is 0 Å². The molecule has 1 aliphatic rings. The first-order valence-electron chi connectivity index (χ1n) is 5.65. The van der Waals surface area contributed by atoms with Crippen LogP contribution < -0.4 is 0 Å². The molecule has 1 aliphatic carbocycles. The zero-order valence-corrected chi connectivity index (χ0v) is 9.20. The minimum atomic E-state index is -0.850. The van der Waals surface area contributed by atoms with Gasteiger partial charge in [0.25, 0.3) is 5.91 Å². The molecule has 1 N–H and O–H groups in total. The van der Waals surface area contributed by atoms with E-state index in [0.717, 1.165) is 12.8 Å². The van der Waals surface area contributed by atoms with Gasteiger partial charge in [-0.25, -0.2) is 0 Å². The van der Waals surface area contributed by atoms with Crippen LogP contribution in [-0.4, -0.2) is 34.6 Å². The van der Waals surface area contributed by atoms with Crippen molar-refractivity contribution in [2.45, 2.75) is 58.1 Å². The van der Waals surface area contributed by atoms with Crippen molar-refractivity contribution >= 4 is 5.91 Å². The highest BCUT2D eigenvalue weighted by molar-refractivity contribution is 5.80. The van der Waals surface area contributed by atoms with Crippen LogP contribution in [0.1, 0.15) is 46.0 Å². The van der Waals surface area contributed by atoms with Gasteiger partial charge < -0.3 is 10.0 Å². The maximum atomic E-state index is 11.6. The number of rotatable bonds is 3. The number of likely N-dealkylation sites (N-methyl/N-ethyl adjacent to an activating group) is 1. The molecule has 1 saturated carbocycles. The van der Waals surface area contributed by atoms with E-state index < -0.39 is 6.10 Å². The molecule has 3 heteroatoms. The molecule has 82 valence electrons. The van der Waals surface area contributed by atoms with Gasteiger partial charge in [0.15, 0.2) is 0 Å². The SMILES string of the molecule is CCN(C(=O)[C@H](C)O)C1CCCCC1. The van der Waals surface area contributed by atoms with Crippen molar-refractivity contribution in [3.8, 4) is 0 Å². The number of carbonyl (C=O) groups excluding carboxylic acids is 1. The second kappa shape index (κ2) is 5.35. The molecule has 1 fully saturated rings. The Kier molecular flexibility index (Phi) is 4.39. The summed E-state index contributed by atoms with van der Waals surface area (Å²) in [6.45, 7) is 4.25. The lowest BCUT2D eigenvalue weighted by Crippen LogP contribution is -2.45. The molecule has 0 aromatic heterocycles. The van der Waals surface area contributed by atoms with Gasteiger partial charge >= 0.3 is 0 Å². The molecule has 0 spiro atoms. The van der Waals surface area contributed by atoms with Gasteiger partial charge in [0.2, 0.25) is 0 Å². The van der Waals surface area contributed by atoms with Crippen LogP contribution in [0.5, 0.6) is 0 Å². The Morgan fingerprint density at radius 2 is 2.00 bits per heavy atom. The quantitative estimate of drug-likeness (QED) is 0.749. The number of hydrogen-bond acceptors (Lipinski definition) is 2. The van der Waals surface area contributed by atoms with E-state index in [1.165, 1.54) is 19.3 Å². The van der Waals surface area contributed by atoms with Gasteiger partial charge in [0.05, 0.1) is 0 Å². The highest BCUT2D eigenvalue weighted by atomic mass is 16.3. The molecule has 1 rings (SSSR count). The van der Waals surface area contributed by atoms with Gasteiger partial charge in [-0.1, -0.05) is 19.3 Å². The summed E-state index contributed by atoms with van der Waals surface area (Å²) in [6.07, 6.45) is 5.08. The second-order valence-electron chi connectivity index (χ2n) is 4.09. The van der Waals surface area contributed by atoms with Gasteiger partial charge in [0.1, 0.15) is 6.10 Å². The average molecular weight is 199 g/mol. The van der Waals surface area contributed by atoms with Crippen LogP contribution in [0.2, 0.25) is 0 Å². The minimum Gasteiger partial charge on any atom is -0.384 e. The van der Waals surface area contributed by atoms with Crippen LogP contribution in [0.25, 0.3) is 0 Å². The van der Waals surface area contributed by atoms with E-state index in [-0.39, 0.29) is 5.91 Å². The van der Waals surface area contributed by atoms with Gasteiger partial charge in [0, 0.05) is 12.6 Å². The molecule has 1 amide bonds. The summed E-state index contributed by atoms with van der Waals surface area (Å²) in [6, 6.07) is 0.371. The van der Waals surface area contributed by atoms with Gasteiger partial charge in [-0.3, -0.25) is 4.79 Å². The molecule has 14 heavy (non-hydrogen) atoms. The van der Waals surface area contributed by atoms with Crippen LogP contribution in [-0.2, 0) is 4.79 Å². The smallest absolute Gasteiger partial charge is 0.251 e. The maximum absolute atomic E-state index is 11.6. The molecule has 0 aromatic carbocycles. The van der Waals surface area contributed by atoms with E-state index in [2.05, 4.69) is 0 Å². The molecule has 0 aromatic rings. The van der Waals surface area contributed by atoms with E-state index in [9.17, 15) is 9.90 Å². The first kappa shape index (κ1) is 11.5. The van der Waals surface area contributed by atoms with Crippen molar-refractivity contribution in [2.75, 3.05) is 6.54 Å². The topological polar surface area (TPSA) is 40.5 Å². The highest BCUT2D eigenvalue weighted by Crippen LogP contribution is 2.22. The molecule has 0 aliphatic heterocycles. The van der Waals surface area contributed by atoms with Crippen molar-refractivity contribution < 1.29 is 9.90 Å². The third-order valence-electron chi connectivity index (χ3n) is 3.00. The summed E-state index contributed by atoms with van der Waals surface area (Å²) in [5.74, 6) is -0.112. The lowest BCUT2D eigenvalue weighted by atomic mass is 9.94. The zero-order valence-electron chi connectivity index (χ0n) is 9.20. The zero-order chi connectivity index (χ0) is 10.6. The fraction of sp³-hybridized carbons (Fsp3) is 0.909. The molecule has 0 bridgehead atoms. The first-order valence-corrected chi connectivity index (χ1v) is 5.65. The summed E-state index contributed by atoms with van der Waals surface area (Å²) in [5, 5.41) is 9.26. The lowest BCUT2D eigenvalue weighted by molar-refractivity contribution is -0.142. The predicted octanol–water partition coefficient (Wildman–Crippen LogP) is 1.55. The lowest BCUT2D eigenvalue weighted by Gasteiger charge is -2.34. The van der Waals surface area contributed by atoms with Crippen LogP contribution in [0, 0.1) is 0 Å². The fourth-order valence-electron chi connectivity index (χ4n) is 2.23. The van der Waals surface area contributed by atoms with Crippen molar-refractivity contribution in [3.63, 3.8) is 0 Å². The number of amides is 1. The van der Waals surface area contributed by atoms with Crippen LogP contribution in [0.3, 0.4) is 0 Å². The Bertz CT molecular complexity index is 186. The van der Waals surface area contributed by atoms with Gasteiger partial charge in [-0.15, -0.1) is 0 Å². The predicted molar refractivity (Wildman–Crippen MR) is 55.9 cm³/mol. The number of hydrogen-bond donors (Lipinski definition) is 1. The van der Waals surface area contributed by atoms with E-state index >= 15 is 0 Å². The van der Waals surface area contributed by atoms with E-state index in [1.807, 2.05) is 11.8 Å². The van der Waals surface area contributed by atoms with Gasteiger partial charge in [-0.05, 0) is 26.7 Å². The van der Waals surface area contributed by atoms with E-state index in [1.54, 1.807) is 6.92 Å². The maximum Gasteiger partial charge on any atom is 0.251 e. The number of nitrogens with zero attached hydrogens (tertiary/aromatic N) is 1. The third-order valence-corrected chi connectivity index (χ3v) is 3.00. The van der Waals surface area contributed by atoms with Crippen LogP contribution in [0.4, 0.5) is 0 Å². The summed E-state index contributed by atoms with van der Waals surface area (Å²) in [4.78, 5) is 13.5. The second-order valence-corrected chi connectivity index (χ2v) is 4.09. The first-order chi connectivity index (χ1) is 6.66. The van der Waals surface area contributed by atoms with Crippen molar-refractivity contribution in [2.24, 2.45) is 0 Å². The minimum absolute atomic E-state index is 0.112. The summed E-state index contributed by atoms with van der Waals surface area (Å²) in [5.41, 5.74) is 0.